The number of hydrogen-bond donors (Lipinski definition) is 2. The number of nitrogens with zero attached hydrogens (tertiary/aromatic N) is 3. The summed E-state index contributed by atoms with van der Waals surface area (Å²) in [6.07, 6.45) is 8.18. The van der Waals surface area contributed by atoms with Crippen LogP contribution in [0.15, 0.2) is 52.0 Å². The van der Waals surface area contributed by atoms with Crippen molar-refractivity contribution in [2.24, 2.45) is 0 Å². The molecule has 4 heterocycles. The number of amides is 1. The Hall–Kier alpha value is -3.68. The van der Waals surface area contributed by atoms with Crippen LogP contribution in [0.1, 0.15) is 54.1 Å². The minimum atomic E-state index is -0.486. The molecule has 1 aliphatic carbocycles. The summed E-state index contributed by atoms with van der Waals surface area (Å²) >= 11 is 0. The molecule has 1 saturated carbocycles. The Bertz CT molecular complexity index is 1410. The van der Waals surface area contributed by atoms with Gasteiger partial charge in [-0.15, -0.1) is 0 Å². The molecular weight excluding hydrogens is 394 g/mol. The van der Waals surface area contributed by atoms with Crippen LogP contribution in [0.4, 0.5) is 5.88 Å². The number of nitrogens with one attached hydrogen (secondary N) is 2. The number of furan rings is 1. The monoisotopic (exact) mass is 417 g/mol. The summed E-state index contributed by atoms with van der Waals surface area (Å²) in [5, 5.41) is 11.9. The van der Waals surface area contributed by atoms with Gasteiger partial charge in [-0.3, -0.25) is 24.7 Å². The third-order valence-electron chi connectivity index (χ3n) is 6.02. The van der Waals surface area contributed by atoms with Crippen LogP contribution in [0.5, 0.6) is 0 Å². The molecule has 5 rings (SSSR count). The maximum atomic E-state index is 13.4. The van der Waals surface area contributed by atoms with Crippen LogP contribution >= 0.6 is 0 Å². The van der Waals surface area contributed by atoms with Gasteiger partial charge in [0.25, 0.3) is 11.5 Å². The number of aromatic nitrogens is 3. The van der Waals surface area contributed by atoms with Gasteiger partial charge in [0.05, 0.1) is 17.2 Å². The van der Waals surface area contributed by atoms with Crippen molar-refractivity contribution in [1.29, 1.82) is 5.41 Å². The maximum Gasteiger partial charge on any atom is 0.267 e. The maximum absolute atomic E-state index is 13.4. The molecule has 158 valence electrons. The van der Waals surface area contributed by atoms with Gasteiger partial charge in [0, 0.05) is 18.3 Å². The Morgan fingerprint density at radius 2 is 2.00 bits per heavy atom. The first kappa shape index (κ1) is 19.3. The average Bonchev–Trinajstić information content (AvgIpc) is 3.28. The SMILES string of the molecule is Cc1cccn2c(=O)c3cc(C(=O)Nc4ccco4)c(=N)n(C4CCCCC4)c3nc12. The molecule has 0 aliphatic heterocycles. The van der Waals surface area contributed by atoms with E-state index in [2.05, 4.69) is 5.32 Å². The molecule has 8 nitrogen and oxygen atoms in total. The Morgan fingerprint density at radius 3 is 2.74 bits per heavy atom. The first-order valence-corrected chi connectivity index (χ1v) is 10.5. The second-order valence-corrected chi connectivity index (χ2v) is 8.04. The highest BCUT2D eigenvalue weighted by Crippen LogP contribution is 2.29. The lowest BCUT2D eigenvalue weighted by molar-refractivity contribution is 0.102. The van der Waals surface area contributed by atoms with Crippen molar-refractivity contribution in [2.75, 3.05) is 5.32 Å². The molecular formula is C23H23N5O3. The molecule has 4 aromatic rings. The number of carbonyl (C=O) groups is 1. The number of aryl methyl sites for hydroxylation is 1. The van der Waals surface area contributed by atoms with Gasteiger partial charge >= 0.3 is 0 Å². The van der Waals surface area contributed by atoms with Crippen molar-refractivity contribution >= 4 is 28.5 Å². The van der Waals surface area contributed by atoms with Crippen LogP contribution in [-0.2, 0) is 0 Å². The molecule has 0 radical (unpaired) electrons. The summed E-state index contributed by atoms with van der Waals surface area (Å²) < 4.78 is 8.51. The normalized spacial score (nSPS) is 14.9. The third kappa shape index (κ3) is 3.24. The highest BCUT2D eigenvalue weighted by atomic mass is 16.3. The highest BCUT2D eigenvalue weighted by molar-refractivity contribution is 6.04. The van der Waals surface area contributed by atoms with Gasteiger partial charge in [-0.05, 0) is 43.5 Å². The third-order valence-corrected chi connectivity index (χ3v) is 6.02. The minimum Gasteiger partial charge on any atom is -0.449 e. The van der Waals surface area contributed by atoms with E-state index < -0.39 is 5.91 Å². The molecule has 4 aromatic heterocycles. The molecule has 1 aliphatic rings. The van der Waals surface area contributed by atoms with Crippen LogP contribution in [0, 0.1) is 12.3 Å². The smallest absolute Gasteiger partial charge is 0.267 e. The highest BCUT2D eigenvalue weighted by Gasteiger charge is 2.24. The zero-order chi connectivity index (χ0) is 21.5. The quantitative estimate of drug-likeness (QED) is 0.495. The summed E-state index contributed by atoms with van der Waals surface area (Å²) in [5.74, 6) is -0.196. The molecule has 0 spiro atoms. The van der Waals surface area contributed by atoms with Gasteiger partial charge in [0.15, 0.2) is 5.88 Å². The number of anilines is 1. The molecule has 0 saturated heterocycles. The summed E-state index contributed by atoms with van der Waals surface area (Å²) in [6, 6.07) is 8.52. The Balaban J connectivity index is 1.80. The fourth-order valence-corrected chi connectivity index (χ4v) is 4.46. The summed E-state index contributed by atoms with van der Waals surface area (Å²) in [6.45, 7) is 1.91. The van der Waals surface area contributed by atoms with Crippen LogP contribution in [-0.4, -0.2) is 19.9 Å². The molecule has 1 fully saturated rings. The zero-order valence-electron chi connectivity index (χ0n) is 17.2. The van der Waals surface area contributed by atoms with E-state index in [-0.39, 0.29) is 28.5 Å². The second kappa shape index (κ2) is 7.54. The van der Waals surface area contributed by atoms with E-state index in [9.17, 15) is 9.59 Å². The van der Waals surface area contributed by atoms with E-state index in [1.165, 1.54) is 16.7 Å². The molecule has 1 amide bonds. The van der Waals surface area contributed by atoms with E-state index in [0.717, 1.165) is 37.7 Å². The lowest BCUT2D eigenvalue weighted by atomic mass is 9.94. The molecule has 0 unspecified atom stereocenters. The minimum absolute atomic E-state index is 0.0264. The number of carbonyl (C=O) groups excluding carboxylic acids is 1. The largest absolute Gasteiger partial charge is 0.449 e. The first-order chi connectivity index (χ1) is 15.0. The van der Waals surface area contributed by atoms with Crippen molar-refractivity contribution in [2.45, 2.75) is 45.1 Å². The van der Waals surface area contributed by atoms with Crippen LogP contribution in [0.2, 0.25) is 0 Å². The second-order valence-electron chi connectivity index (χ2n) is 8.04. The van der Waals surface area contributed by atoms with Crippen molar-refractivity contribution in [3.63, 3.8) is 0 Å². The Morgan fingerprint density at radius 1 is 1.19 bits per heavy atom. The fourth-order valence-electron chi connectivity index (χ4n) is 4.46. The van der Waals surface area contributed by atoms with Gasteiger partial charge < -0.3 is 8.98 Å². The molecule has 2 N–H and O–H groups in total. The zero-order valence-corrected chi connectivity index (χ0v) is 17.2. The fraction of sp³-hybridized carbons (Fsp3) is 0.304. The van der Waals surface area contributed by atoms with E-state index in [4.69, 9.17) is 14.8 Å². The van der Waals surface area contributed by atoms with Crippen molar-refractivity contribution < 1.29 is 9.21 Å². The van der Waals surface area contributed by atoms with Crippen LogP contribution in [0.25, 0.3) is 16.7 Å². The molecule has 0 atom stereocenters. The average molecular weight is 417 g/mol. The lowest BCUT2D eigenvalue weighted by Crippen LogP contribution is -2.35. The van der Waals surface area contributed by atoms with Gasteiger partial charge in [0.1, 0.15) is 16.8 Å². The van der Waals surface area contributed by atoms with Crippen LogP contribution in [0.3, 0.4) is 0 Å². The van der Waals surface area contributed by atoms with Crippen molar-refractivity contribution in [3.8, 4) is 0 Å². The summed E-state index contributed by atoms with van der Waals surface area (Å²) in [5.41, 5.74) is 1.85. The summed E-state index contributed by atoms with van der Waals surface area (Å²) in [7, 11) is 0. The summed E-state index contributed by atoms with van der Waals surface area (Å²) in [4.78, 5) is 31.2. The van der Waals surface area contributed by atoms with Gasteiger partial charge in [-0.2, -0.15) is 0 Å². The predicted octanol–water partition coefficient (Wildman–Crippen LogP) is 3.79. The first-order valence-electron chi connectivity index (χ1n) is 10.5. The van der Waals surface area contributed by atoms with E-state index in [1.807, 2.05) is 13.0 Å². The predicted molar refractivity (Wildman–Crippen MR) is 116 cm³/mol. The number of hydrogen-bond acceptors (Lipinski definition) is 5. The Kier molecular flexibility index (Phi) is 4.69. The number of rotatable bonds is 3. The Labute approximate surface area is 177 Å². The number of pyridine rings is 2. The molecule has 0 bridgehead atoms. The topological polar surface area (TPSA) is 105 Å². The van der Waals surface area contributed by atoms with Gasteiger partial charge in [-0.1, -0.05) is 25.3 Å². The standard InChI is InChI=1S/C23H23N5O3/c1-14-7-5-11-27-20(14)26-21-17(23(27)30)13-16(22(29)25-18-10-6-12-31-18)19(24)28(21)15-8-3-2-4-9-15/h5-7,10-13,15,24H,2-4,8-9H2,1H3,(H,25,29). The molecule has 0 aromatic carbocycles. The van der Waals surface area contributed by atoms with E-state index in [0.29, 0.717) is 16.7 Å². The van der Waals surface area contributed by atoms with E-state index >= 15 is 0 Å². The van der Waals surface area contributed by atoms with Crippen LogP contribution < -0.4 is 16.4 Å². The lowest BCUT2D eigenvalue weighted by Gasteiger charge is -2.26. The molecule has 8 heteroatoms. The van der Waals surface area contributed by atoms with Crippen molar-refractivity contribution in [3.05, 3.63) is 69.8 Å². The number of fused-ring (bicyclic) bond motifs is 2. The molecule has 31 heavy (non-hydrogen) atoms. The van der Waals surface area contributed by atoms with Gasteiger partial charge in [0.2, 0.25) is 0 Å². The van der Waals surface area contributed by atoms with Crippen molar-refractivity contribution in [1.82, 2.24) is 14.0 Å². The van der Waals surface area contributed by atoms with E-state index in [1.54, 1.807) is 29.0 Å². The van der Waals surface area contributed by atoms with Gasteiger partial charge in [-0.25, -0.2) is 4.98 Å².